The highest BCUT2D eigenvalue weighted by atomic mass is 35.5. The summed E-state index contributed by atoms with van der Waals surface area (Å²) in [6.07, 6.45) is 0.498. The van der Waals surface area contributed by atoms with Crippen molar-refractivity contribution in [2.24, 2.45) is 0 Å². The fourth-order valence-electron chi connectivity index (χ4n) is 3.06. The number of hydrogen-bond donors (Lipinski definition) is 0. The molecule has 8 heteroatoms. The molecule has 1 aromatic heterocycles. The Morgan fingerprint density at radius 3 is 2.26 bits per heavy atom. The summed E-state index contributed by atoms with van der Waals surface area (Å²) < 4.78 is 15.4. The molecule has 0 unspecified atom stereocenters. The average molecular weight is 493 g/mol. The summed E-state index contributed by atoms with van der Waals surface area (Å²) in [6.45, 7) is 1.97. The summed E-state index contributed by atoms with van der Waals surface area (Å²) in [5, 5.41) is 11.2. The standard InChI is InChI=1S/C23H17Cl3FN3S/c1-14-2-3-16(11-20(14)25)13-31-23-29-28-22(12-15-4-9-19(24)21(26)10-15)30(23)18-7-5-17(27)6-8-18/h2-11H,12-13H2,1H3. The Morgan fingerprint density at radius 1 is 0.839 bits per heavy atom. The summed E-state index contributed by atoms with van der Waals surface area (Å²) in [6, 6.07) is 17.7. The zero-order chi connectivity index (χ0) is 22.0. The number of hydrogen-bond acceptors (Lipinski definition) is 3. The number of benzene rings is 3. The van der Waals surface area contributed by atoms with Gasteiger partial charge in [0.15, 0.2) is 5.16 Å². The number of nitrogens with zero attached hydrogens (tertiary/aromatic N) is 3. The molecule has 0 saturated heterocycles. The monoisotopic (exact) mass is 491 g/mol. The minimum absolute atomic E-state index is 0.300. The van der Waals surface area contributed by atoms with Crippen LogP contribution in [-0.2, 0) is 12.2 Å². The molecule has 0 aliphatic carbocycles. The van der Waals surface area contributed by atoms with Crippen molar-refractivity contribution in [1.29, 1.82) is 0 Å². The maximum Gasteiger partial charge on any atom is 0.196 e. The molecule has 1 heterocycles. The molecule has 0 amide bonds. The van der Waals surface area contributed by atoms with Gasteiger partial charge in [0.05, 0.1) is 10.0 Å². The second kappa shape index (κ2) is 9.61. The van der Waals surface area contributed by atoms with Crippen molar-refractivity contribution < 1.29 is 4.39 Å². The van der Waals surface area contributed by atoms with Crippen molar-refractivity contribution in [3.63, 3.8) is 0 Å². The Morgan fingerprint density at radius 2 is 1.55 bits per heavy atom. The highest BCUT2D eigenvalue weighted by molar-refractivity contribution is 7.98. The van der Waals surface area contributed by atoms with Crippen LogP contribution in [0.1, 0.15) is 22.5 Å². The summed E-state index contributed by atoms with van der Waals surface area (Å²) in [4.78, 5) is 0. The minimum atomic E-state index is -0.300. The van der Waals surface area contributed by atoms with E-state index in [2.05, 4.69) is 10.2 Å². The molecule has 4 aromatic rings. The molecule has 0 atom stereocenters. The van der Waals surface area contributed by atoms with E-state index >= 15 is 0 Å². The van der Waals surface area contributed by atoms with E-state index in [0.29, 0.717) is 27.4 Å². The van der Waals surface area contributed by atoms with Crippen molar-refractivity contribution in [3.8, 4) is 5.69 Å². The summed E-state index contributed by atoms with van der Waals surface area (Å²) in [5.74, 6) is 1.09. The van der Waals surface area contributed by atoms with Gasteiger partial charge < -0.3 is 0 Å². The summed E-state index contributed by atoms with van der Waals surface area (Å²) in [5.41, 5.74) is 3.85. The van der Waals surface area contributed by atoms with Crippen LogP contribution < -0.4 is 0 Å². The third-order valence-electron chi connectivity index (χ3n) is 4.74. The number of thioether (sulfide) groups is 1. The predicted octanol–water partition coefficient (Wildman–Crippen LogP) is 7.56. The summed E-state index contributed by atoms with van der Waals surface area (Å²) >= 11 is 20.0. The predicted molar refractivity (Wildman–Crippen MR) is 126 cm³/mol. The van der Waals surface area contributed by atoms with E-state index in [1.165, 1.54) is 12.1 Å². The van der Waals surface area contributed by atoms with E-state index in [9.17, 15) is 4.39 Å². The fraction of sp³-hybridized carbons (Fsp3) is 0.130. The largest absolute Gasteiger partial charge is 0.274 e. The molecule has 0 saturated carbocycles. The number of rotatable bonds is 6. The van der Waals surface area contributed by atoms with E-state index in [-0.39, 0.29) is 5.82 Å². The normalized spacial score (nSPS) is 11.1. The lowest BCUT2D eigenvalue weighted by Gasteiger charge is -2.11. The van der Waals surface area contributed by atoms with Crippen molar-refractivity contribution in [2.45, 2.75) is 24.3 Å². The Balaban J connectivity index is 1.66. The van der Waals surface area contributed by atoms with Gasteiger partial charge in [-0.2, -0.15) is 0 Å². The lowest BCUT2D eigenvalue weighted by molar-refractivity contribution is 0.627. The van der Waals surface area contributed by atoms with Gasteiger partial charge in [0.1, 0.15) is 11.6 Å². The van der Waals surface area contributed by atoms with E-state index in [1.54, 1.807) is 30.0 Å². The average Bonchev–Trinajstić information content (AvgIpc) is 3.14. The zero-order valence-electron chi connectivity index (χ0n) is 16.4. The molecule has 3 aromatic carbocycles. The van der Waals surface area contributed by atoms with Gasteiger partial charge in [0.25, 0.3) is 0 Å². The third kappa shape index (κ3) is 5.24. The van der Waals surface area contributed by atoms with Crippen LogP contribution in [0.15, 0.2) is 65.8 Å². The van der Waals surface area contributed by atoms with Gasteiger partial charge in [-0.25, -0.2) is 4.39 Å². The highest BCUT2D eigenvalue weighted by Crippen LogP contribution is 2.29. The fourth-order valence-corrected chi connectivity index (χ4v) is 4.50. The molecule has 0 radical (unpaired) electrons. The van der Waals surface area contributed by atoms with Gasteiger partial charge in [-0.05, 0) is 66.1 Å². The zero-order valence-corrected chi connectivity index (χ0v) is 19.5. The molecule has 0 N–H and O–H groups in total. The molecule has 0 aliphatic heterocycles. The van der Waals surface area contributed by atoms with Crippen LogP contribution in [0.25, 0.3) is 5.69 Å². The van der Waals surface area contributed by atoms with Crippen molar-refractivity contribution >= 4 is 46.6 Å². The van der Waals surface area contributed by atoms with Crippen LogP contribution in [-0.4, -0.2) is 14.8 Å². The van der Waals surface area contributed by atoms with E-state index in [0.717, 1.165) is 33.2 Å². The molecule has 3 nitrogen and oxygen atoms in total. The first-order valence-corrected chi connectivity index (χ1v) is 11.5. The molecular formula is C23H17Cl3FN3S. The lowest BCUT2D eigenvalue weighted by Crippen LogP contribution is -2.04. The first kappa shape index (κ1) is 22.2. The quantitative estimate of drug-likeness (QED) is 0.260. The second-order valence-electron chi connectivity index (χ2n) is 7.01. The van der Waals surface area contributed by atoms with Crippen molar-refractivity contribution in [3.05, 3.63) is 104 Å². The van der Waals surface area contributed by atoms with Crippen molar-refractivity contribution in [2.75, 3.05) is 0 Å². The third-order valence-corrected chi connectivity index (χ3v) is 6.88. The van der Waals surface area contributed by atoms with Crippen LogP contribution in [0.4, 0.5) is 4.39 Å². The van der Waals surface area contributed by atoms with Gasteiger partial charge in [-0.1, -0.05) is 64.8 Å². The van der Waals surface area contributed by atoms with E-state index in [1.807, 2.05) is 41.8 Å². The Labute approximate surface area is 199 Å². The molecule has 0 fully saturated rings. The number of halogens is 4. The molecule has 0 spiro atoms. The minimum Gasteiger partial charge on any atom is -0.274 e. The van der Waals surface area contributed by atoms with Gasteiger partial charge >= 0.3 is 0 Å². The van der Waals surface area contributed by atoms with Gasteiger partial charge in [0.2, 0.25) is 0 Å². The lowest BCUT2D eigenvalue weighted by atomic mass is 10.1. The first-order chi connectivity index (χ1) is 14.9. The molecule has 4 rings (SSSR count). The first-order valence-electron chi connectivity index (χ1n) is 9.42. The van der Waals surface area contributed by atoms with Gasteiger partial charge in [-0.3, -0.25) is 4.57 Å². The molecular weight excluding hydrogens is 476 g/mol. The van der Waals surface area contributed by atoms with Crippen LogP contribution in [0.2, 0.25) is 15.1 Å². The second-order valence-corrected chi connectivity index (χ2v) is 9.17. The molecule has 158 valence electrons. The molecule has 31 heavy (non-hydrogen) atoms. The summed E-state index contributed by atoms with van der Waals surface area (Å²) in [7, 11) is 0. The number of aromatic nitrogens is 3. The molecule has 0 aliphatic rings. The smallest absolute Gasteiger partial charge is 0.196 e. The Bertz CT molecular complexity index is 1230. The van der Waals surface area contributed by atoms with E-state index < -0.39 is 0 Å². The van der Waals surface area contributed by atoms with Crippen molar-refractivity contribution in [1.82, 2.24) is 14.8 Å². The van der Waals surface area contributed by atoms with Crippen LogP contribution in [0.3, 0.4) is 0 Å². The van der Waals surface area contributed by atoms with Crippen LogP contribution in [0.5, 0.6) is 0 Å². The topological polar surface area (TPSA) is 30.7 Å². The van der Waals surface area contributed by atoms with Crippen LogP contribution in [0, 0.1) is 12.7 Å². The van der Waals surface area contributed by atoms with Gasteiger partial charge in [-0.15, -0.1) is 10.2 Å². The Kier molecular flexibility index (Phi) is 6.87. The maximum atomic E-state index is 13.5. The SMILES string of the molecule is Cc1ccc(CSc2nnc(Cc3ccc(Cl)c(Cl)c3)n2-c2ccc(F)cc2)cc1Cl. The molecule has 0 bridgehead atoms. The van der Waals surface area contributed by atoms with E-state index in [4.69, 9.17) is 34.8 Å². The van der Waals surface area contributed by atoms with Crippen LogP contribution >= 0.6 is 46.6 Å². The number of aryl methyl sites for hydroxylation is 1. The maximum absolute atomic E-state index is 13.5. The highest BCUT2D eigenvalue weighted by Gasteiger charge is 2.16. The Hall–Kier alpha value is -2.05. The van der Waals surface area contributed by atoms with Gasteiger partial charge in [0, 0.05) is 22.9 Å².